The zero-order valence-corrected chi connectivity index (χ0v) is 10.8. The third kappa shape index (κ3) is 3.40. The minimum Gasteiger partial charge on any atom is -0.397 e. The Labute approximate surface area is 114 Å². The first-order valence-corrected chi connectivity index (χ1v) is 5.98. The quantitative estimate of drug-likeness (QED) is 0.903. The predicted octanol–water partition coefficient (Wildman–Crippen LogP) is 3.60. The van der Waals surface area contributed by atoms with Crippen LogP contribution < -0.4 is 11.1 Å². The first kappa shape index (κ1) is 14.2. The number of halogens is 3. The third-order valence-electron chi connectivity index (χ3n) is 2.84. The second kappa shape index (κ2) is 5.40. The zero-order valence-electron chi connectivity index (χ0n) is 10.8. The summed E-state index contributed by atoms with van der Waals surface area (Å²) in [5.41, 5.74) is 7.15. The Morgan fingerprint density at radius 3 is 2.40 bits per heavy atom. The Kier molecular flexibility index (Phi) is 3.83. The second-order valence-electron chi connectivity index (χ2n) is 4.48. The summed E-state index contributed by atoms with van der Waals surface area (Å²) in [6, 6.07) is 6.81. The van der Waals surface area contributed by atoms with Crippen molar-refractivity contribution in [3.63, 3.8) is 0 Å². The largest absolute Gasteiger partial charge is 0.416 e. The van der Waals surface area contributed by atoms with Gasteiger partial charge in [-0.3, -0.25) is 0 Å². The van der Waals surface area contributed by atoms with Crippen LogP contribution in [0.5, 0.6) is 0 Å². The van der Waals surface area contributed by atoms with Gasteiger partial charge in [0.05, 0.1) is 17.4 Å². The van der Waals surface area contributed by atoms with Crippen molar-refractivity contribution >= 4 is 11.5 Å². The number of aromatic nitrogens is 1. The molecule has 6 heteroatoms. The molecule has 0 amide bonds. The average molecular weight is 281 g/mol. The van der Waals surface area contributed by atoms with Gasteiger partial charge in [0, 0.05) is 6.54 Å². The third-order valence-corrected chi connectivity index (χ3v) is 2.84. The summed E-state index contributed by atoms with van der Waals surface area (Å²) in [4.78, 5) is 4.13. The summed E-state index contributed by atoms with van der Waals surface area (Å²) in [5.74, 6) is 0.666. The van der Waals surface area contributed by atoms with Crippen LogP contribution in [-0.4, -0.2) is 4.98 Å². The Balaban J connectivity index is 2.04. The van der Waals surface area contributed by atoms with E-state index in [1.165, 1.54) is 18.3 Å². The van der Waals surface area contributed by atoms with Crippen LogP contribution in [0.25, 0.3) is 0 Å². The van der Waals surface area contributed by atoms with Crippen molar-refractivity contribution in [2.24, 2.45) is 0 Å². The number of nitrogens with zero attached hydrogens (tertiary/aromatic N) is 1. The molecule has 106 valence electrons. The molecule has 0 radical (unpaired) electrons. The molecule has 0 spiro atoms. The van der Waals surface area contributed by atoms with E-state index in [0.29, 0.717) is 18.1 Å². The van der Waals surface area contributed by atoms with E-state index < -0.39 is 11.7 Å². The summed E-state index contributed by atoms with van der Waals surface area (Å²) in [5, 5.41) is 3.07. The molecule has 0 aliphatic heterocycles. The van der Waals surface area contributed by atoms with E-state index in [1.54, 1.807) is 6.07 Å². The molecule has 1 aromatic carbocycles. The van der Waals surface area contributed by atoms with Crippen LogP contribution in [0.4, 0.5) is 24.7 Å². The number of aryl methyl sites for hydroxylation is 1. The summed E-state index contributed by atoms with van der Waals surface area (Å²) in [7, 11) is 0. The fourth-order valence-electron chi connectivity index (χ4n) is 1.78. The number of nitrogens with two attached hydrogens (primary N) is 1. The number of benzene rings is 1. The highest BCUT2D eigenvalue weighted by Crippen LogP contribution is 2.29. The van der Waals surface area contributed by atoms with Gasteiger partial charge < -0.3 is 11.1 Å². The van der Waals surface area contributed by atoms with Gasteiger partial charge in [-0.2, -0.15) is 13.2 Å². The number of nitrogens with one attached hydrogen (secondary N) is 1. The number of alkyl halides is 3. The first-order chi connectivity index (χ1) is 9.36. The van der Waals surface area contributed by atoms with E-state index in [9.17, 15) is 13.2 Å². The molecule has 3 nitrogen and oxygen atoms in total. The van der Waals surface area contributed by atoms with Crippen LogP contribution >= 0.6 is 0 Å². The average Bonchev–Trinajstić information content (AvgIpc) is 2.37. The van der Waals surface area contributed by atoms with Crippen LogP contribution in [0.1, 0.15) is 16.7 Å². The van der Waals surface area contributed by atoms with Gasteiger partial charge >= 0.3 is 6.18 Å². The minimum absolute atomic E-state index is 0.399. The Bertz CT molecular complexity index is 592. The summed E-state index contributed by atoms with van der Waals surface area (Å²) in [6.07, 6.45) is -2.77. The van der Waals surface area contributed by atoms with Gasteiger partial charge in [0.25, 0.3) is 0 Å². The number of hydrogen-bond donors (Lipinski definition) is 2. The summed E-state index contributed by atoms with van der Waals surface area (Å²) >= 11 is 0. The summed E-state index contributed by atoms with van der Waals surface area (Å²) in [6.45, 7) is 2.26. The number of anilines is 2. The van der Waals surface area contributed by atoms with Crippen LogP contribution in [0.15, 0.2) is 36.5 Å². The molecule has 0 fully saturated rings. The monoisotopic (exact) mass is 281 g/mol. The molecular weight excluding hydrogens is 267 g/mol. The normalized spacial score (nSPS) is 11.4. The molecular formula is C14H14F3N3. The Hall–Kier alpha value is -2.24. The van der Waals surface area contributed by atoms with Crippen LogP contribution in [-0.2, 0) is 12.7 Å². The Morgan fingerprint density at radius 2 is 1.85 bits per heavy atom. The lowest BCUT2D eigenvalue weighted by Crippen LogP contribution is -2.06. The topological polar surface area (TPSA) is 50.9 Å². The van der Waals surface area contributed by atoms with Gasteiger partial charge in [-0.05, 0) is 36.2 Å². The molecule has 1 heterocycles. The minimum atomic E-state index is -4.30. The van der Waals surface area contributed by atoms with Crippen molar-refractivity contribution in [3.8, 4) is 0 Å². The highest BCUT2D eigenvalue weighted by molar-refractivity contribution is 5.51. The Morgan fingerprint density at radius 1 is 1.20 bits per heavy atom. The van der Waals surface area contributed by atoms with Gasteiger partial charge in [0.2, 0.25) is 0 Å². The van der Waals surface area contributed by atoms with Crippen molar-refractivity contribution in [2.45, 2.75) is 19.6 Å². The van der Waals surface area contributed by atoms with Crippen molar-refractivity contribution in [3.05, 3.63) is 53.2 Å². The molecule has 2 rings (SSSR count). The van der Waals surface area contributed by atoms with E-state index in [2.05, 4.69) is 10.3 Å². The second-order valence-corrected chi connectivity index (χ2v) is 4.48. The van der Waals surface area contributed by atoms with Gasteiger partial charge in [-0.1, -0.05) is 12.1 Å². The lowest BCUT2D eigenvalue weighted by atomic mass is 10.1. The van der Waals surface area contributed by atoms with E-state index in [0.717, 1.165) is 23.3 Å². The van der Waals surface area contributed by atoms with Gasteiger partial charge in [0.1, 0.15) is 5.82 Å². The molecule has 2 aromatic rings. The lowest BCUT2D eigenvalue weighted by molar-refractivity contribution is -0.137. The maximum absolute atomic E-state index is 12.4. The fraction of sp³-hybridized carbons (Fsp3) is 0.214. The molecule has 0 atom stereocenters. The molecule has 3 N–H and O–H groups in total. The molecule has 1 aromatic heterocycles. The predicted molar refractivity (Wildman–Crippen MR) is 72.2 cm³/mol. The molecule has 0 saturated carbocycles. The molecule has 0 saturated heterocycles. The van der Waals surface area contributed by atoms with Gasteiger partial charge in [0.15, 0.2) is 0 Å². The number of rotatable bonds is 3. The number of nitrogen functional groups attached to an aromatic ring is 1. The van der Waals surface area contributed by atoms with Crippen molar-refractivity contribution < 1.29 is 13.2 Å². The fourth-order valence-corrected chi connectivity index (χ4v) is 1.78. The van der Waals surface area contributed by atoms with Crippen molar-refractivity contribution in [2.75, 3.05) is 11.1 Å². The van der Waals surface area contributed by atoms with Crippen molar-refractivity contribution in [1.29, 1.82) is 0 Å². The zero-order chi connectivity index (χ0) is 14.8. The van der Waals surface area contributed by atoms with Gasteiger partial charge in [-0.15, -0.1) is 0 Å². The number of pyridine rings is 1. The van der Waals surface area contributed by atoms with E-state index in [1.807, 2.05) is 6.92 Å². The maximum atomic E-state index is 12.4. The van der Waals surface area contributed by atoms with Crippen LogP contribution in [0.3, 0.4) is 0 Å². The molecule has 20 heavy (non-hydrogen) atoms. The van der Waals surface area contributed by atoms with E-state index in [-0.39, 0.29) is 0 Å². The highest BCUT2D eigenvalue weighted by Gasteiger charge is 2.29. The summed E-state index contributed by atoms with van der Waals surface area (Å²) < 4.78 is 37.3. The molecule has 0 bridgehead atoms. The van der Waals surface area contributed by atoms with Gasteiger partial charge in [-0.25, -0.2) is 4.98 Å². The van der Waals surface area contributed by atoms with Crippen LogP contribution in [0.2, 0.25) is 0 Å². The molecule has 0 unspecified atom stereocenters. The maximum Gasteiger partial charge on any atom is 0.416 e. The van der Waals surface area contributed by atoms with Crippen molar-refractivity contribution in [1.82, 2.24) is 4.98 Å². The van der Waals surface area contributed by atoms with Crippen LogP contribution in [0, 0.1) is 6.92 Å². The first-order valence-electron chi connectivity index (χ1n) is 5.98. The van der Waals surface area contributed by atoms with E-state index in [4.69, 9.17) is 5.73 Å². The highest BCUT2D eigenvalue weighted by atomic mass is 19.4. The standard InChI is InChI=1S/C14H14F3N3/c1-9-6-12(18)8-20-13(9)19-7-10-2-4-11(5-3-10)14(15,16)17/h2-6,8H,7,18H2,1H3,(H,19,20). The SMILES string of the molecule is Cc1cc(N)cnc1NCc1ccc(C(F)(F)F)cc1. The van der Waals surface area contributed by atoms with E-state index >= 15 is 0 Å². The molecule has 0 aliphatic rings. The molecule has 0 aliphatic carbocycles. The lowest BCUT2D eigenvalue weighted by Gasteiger charge is -2.10. The smallest absolute Gasteiger partial charge is 0.397 e. The number of hydrogen-bond acceptors (Lipinski definition) is 3.